The largest absolute Gasteiger partial charge is 0.482 e. The molecule has 1 N–H and O–H groups in total. The molecule has 3 aliphatic rings. The molecule has 1 aromatic carbocycles. The number of hydrogen-bond donors (Lipinski definition) is 1. The number of anilines is 1. The van der Waals surface area contributed by atoms with Gasteiger partial charge in [0, 0.05) is 19.5 Å². The van der Waals surface area contributed by atoms with E-state index in [-0.39, 0.29) is 23.5 Å². The summed E-state index contributed by atoms with van der Waals surface area (Å²) in [6.45, 7) is 1.21. The number of fused-ring (bicyclic) bond motifs is 2. The molecule has 1 aromatic heterocycles. The number of rotatable bonds is 3. The lowest BCUT2D eigenvalue weighted by Crippen LogP contribution is -2.40. The summed E-state index contributed by atoms with van der Waals surface area (Å²) in [5.41, 5.74) is 0.385. The number of amides is 1. The fourth-order valence-electron chi connectivity index (χ4n) is 4.39. The standard InChI is InChI=1S/C19H23N5O4S/c25-18-12-28-16-8-7-13(11-14(16)20-18)29(26,27)24-10-4-1-5-15(24)19-22-21-17-6-2-3-9-23(17)19/h7-8,11,15H,1-6,9-10,12H2,(H,20,25)/t15-/m0/s1. The highest BCUT2D eigenvalue weighted by molar-refractivity contribution is 7.89. The van der Waals surface area contributed by atoms with Gasteiger partial charge in [0.1, 0.15) is 11.6 Å². The van der Waals surface area contributed by atoms with E-state index < -0.39 is 10.0 Å². The van der Waals surface area contributed by atoms with Crippen LogP contribution in [0, 0.1) is 0 Å². The van der Waals surface area contributed by atoms with Gasteiger partial charge in [-0.15, -0.1) is 10.2 Å². The third kappa shape index (κ3) is 3.20. The third-order valence-corrected chi connectivity index (χ3v) is 7.73. The van der Waals surface area contributed by atoms with Crippen molar-refractivity contribution in [1.29, 1.82) is 0 Å². The Hall–Kier alpha value is -2.46. The van der Waals surface area contributed by atoms with Crippen LogP contribution < -0.4 is 10.1 Å². The van der Waals surface area contributed by atoms with Crippen LogP contribution in [-0.2, 0) is 27.8 Å². The van der Waals surface area contributed by atoms with E-state index in [1.807, 2.05) is 0 Å². The molecule has 29 heavy (non-hydrogen) atoms. The second kappa shape index (κ2) is 7.10. The molecule has 10 heteroatoms. The van der Waals surface area contributed by atoms with Gasteiger partial charge in [-0.05, 0) is 43.9 Å². The van der Waals surface area contributed by atoms with Gasteiger partial charge in [-0.1, -0.05) is 6.42 Å². The number of carbonyl (C=O) groups is 1. The second-order valence-electron chi connectivity index (χ2n) is 7.71. The molecule has 154 valence electrons. The van der Waals surface area contributed by atoms with Crippen LogP contribution in [0.4, 0.5) is 5.69 Å². The molecule has 4 heterocycles. The minimum atomic E-state index is -3.77. The first-order valence-electron chi connectivity index (χ1n) is 10.0. The summed E-state index contributed by atoms with van der Waals surface area (Å²) in [4.78, 5) is 11.8. The summed E-state index contributed by atoms with van der Waals surface area (Å²) in [5.74, 6) is 1.88. The molecule has 3 aliphatic heterocycles. The van der Waals surface area contributed by atoms with Crippen LogP contribution >= 0.6 is 0 Å². The number of aromatic nitrogens is 3. The number of ether oxygens (including phenoxy) is 1. The summed E-state index contributed by atoms with van der Waals surface area (Å²) < 4.78 is 36.1. The summed E-state index contributed by atoms with van der Waals surface area (Å²) >= 11 is 0. The van der Waals surface area contributed by atoms with Crippen LogP contribution in [-0.4, -0.2) is 46.5 Å². The van der Waals surface area contributed by atoms with Gasteiger partial charge >= 0.3 is 0 Å². The van der Waals surface area contributed by atoms with Gasteiger partial charge < -0.3 is 14.6 Å². The van der Waals surface area contributed by atoms with Crippen molar-refractivity contribution in [1.82, 2.24) is 19.1 Å². The smallest absolute Gasteiger partial charge is 0.262 e. The first-order valence-corrected chi connectivity index (χ1v) is 11.5. The van der Waals surface area contributed by atoms with E-state index in [2.05, 4.69) is 20.1 Å². The van der Waals surface area contributed by atoms with E-state index in [0.29, 0.717) is 18.0 Å². The van der Waals surface area contributed by atoms with Crippen molar-refractivity contribution < 1.29 is 17.9 Å². The zero-order valence-corrected chi connectivity index (χ0v) is 16.8. The van der Waals surface area contributed by atoms with Gasteiger partial charge in [0.25, 0.3) is 5.91 Å². The zero-order valence-electron chi connectivity index (χ0n) is 16.0. The lowest BCUT2D eigenvalue weighted by molar-refractivity contribution is -0.118. The van der Waals surface area contributed by atoms with E-state index in [1.54, 1.807) is 10.4 Å². The lowest BCUT2D eigenvalue weighted by atomic mass is 10.0. The summed E-state index contributed by atoms with van der Waals surface area (Å²) in [6, 6.07) is 4.29. The van der Waals surface area contributed by atoms with Crippen molar-refractivity contribution >= 4 is 21.6 Å². The molecule has 0 bridgehead atoms. The van der Waals surface area contributed by atoms with Crippen LogP contribution in [0.2, 0.25) is 0 Å². The number of aryl methyl sites for hydroxylation is 1. The van der Waals surface area contributed by atoms with Gasteiger partial charge in [0.15, 0.2) is 12.4 Å². The van der Waals surface area contributed by atoms with Gasteiger partial charge in [0.2, 0.25) is 10.0 Å². The fraction of sp³-hybridized carbons (Fsp3) is 0.526. The number of benzene rings is 1. The predicted octanol–water partition coefficient (Wildman–Crippen LogP) is 1.86. The van der Waals surface area contributed by atoms with Crippen LogP contribution in [0.1, 0.15) is 49.8 Å². The van der Waals surface area contributed by atoms with Crippen LogP contribution in [0.3, 0.4) is 0 Å². The van der Waals surface area contributed by atoms with Gasteiger partial charge in [-0.25, -0.2) is 8.42 Å². The van der Waals surface area contributed by atoms with E-state index >= 15 is 0 Å². The Labute approximate surface area is 169 Å². The van der Waals surface area contributed by atoms with Gasteiger partial charge in [0.05, 0.1) is 16.6 Å². The molecule has 2 aromatic rings. The zero-order chi connectivity index (χ0) is 20.0. The predicted molar refractivity (Wildman–Crippen MR) is 104 cm³/mol. The number of nitrogens with zero attached hydrogens (tertiary/aromatic N) is 4. The molecular formula is C19H23N5O4S. The first kappa shape index (κ1) is 18.6. The van der Waals surface area contributed by atoms with Crippen LogP contribution in [0.5, 0.6) is 5.75 Å². The first-order chi connectivity index (χ1) is 14.0. The Morgan fingerprint density at radius 1 is 1.10 bits per heavy atom. The second-order valence-corrected chi connectivity index (χ2v) is 9.60. The average molecular weight is 417 g/mol. The number of nitrogens with one attached hydrogen (secondary N) is 1. The van der Waals surface area contributed by atoms with Crippen LogP contribution in [0.25, 0.3) is 0 Å². The molecule has 0 aliphatic carbocycles. The van der Waals surface area contributed by atoms with Crippen molar-refractivity contribution in [2.75, 3.05) is 18.5 Å². The maximum atomic E-state index is 13.5. The van der Waals surface area contributed by atoms with Gasteiger partial charge in [-0.2, -0.15) is 4.31 Å². The Bertz CT molecular complexity index is 1060. The molecule has 1 amide bonds. The number of carbonyl (C=O) groups excluding carboxylic acids is 1. The minimum absolute atomic E-state index is 0.0642. The molecule has 1 saturated heterocycles. The number of piperidine rings is 1. The quantitative estimate of drug-likeness (QED) is 0.817. The van der Waals surface area contributed by atoms with E-state index in [1.165, 1.54) is 12.1 Å². The SMILES string of the molecule is O=C1COc2ccc(S(=O)(=O)N3CCCC[C@H]3c3nnc4n3CCCC4)cc2N1. The molecule has 0 radical (unpaired) electrons. The topological polar surface area (TPSA) is 106 Å². The molecule has 0 saturated carbocycles. The third-order valence-electron chi connectivity index (χ3n) is 5.83. The highest BCUT2D eigenvalue weighted by Crippen LogP contribution is 2.38. The van der Waals surface area contributed by atoms with Crippen molar-refractivity contribution in [3.05, 3.63) is 29.8 Å². The molecule has 1 atom stereocenters. The monoisotopic (exact) mass is 417 g/mol. The average Bonchev–Trinajstić information content (AvgIpc) is 3.17. The normalized spacial score (nSPS) is 22.3. The van der Waals surface area contributed by atoms with E-state index in [9.17, 15) is 13.2 Å². The molecule has 5 rings (SSSR count). The lowest BCUT2D eigenvalue weighted by Gasteiger charge is -2.34. The molecule has 0 unspecified atom stereocenters. The van der Waals surface area contributed by atoms with Crippen molar-refractivity contribution in [3.63, 3.8) is 0 Å². The number of sulfonamides is 1. The maximum absolute atomic E-state index is 13.5. The summed E-state index contributed by atoms with van der Waals surface area (Å²) in [7, 11) is -3.77. The molecule has 1 fully saturated rings. The Morgan fingerprint density at radius 3 is 2.86 bits per heavy atom. The molecular weight excluding hydrogens is 394 g/mol. The molecule has 0 spiro atoms. The van der Waals surface area contributed by atoms with Crippen molar-refractivity contribution in [2.24, 2.45) is 0 Å². The Kier molecular flexibility index (Phi) is 4.54. The Morgan fingerprint density at radius 2 is 1.97 bits per heavy atom. The highest BCUT2D eigenvalue weighted by atomic mass is 32.2. The Balaban J connectivity index is 1.51. The summed E-state index contributed by atoms with van der Waals surface area (Å²) in [6.07, 6.45) is 5.52. The van der Waals surface area contributed by atoms with E-state index in [0.717, 1.165) is 56.7 Å². The fourth-order valence-corrected chi connectivity index (χ4v) is 6.07. The van der Waals surface area contributed by atoms with Crippen LogP contribution in [0.15, 0.2) is 23.1 Å². The van der Waals surface area contributed by atoms with E-state index in [4.69, 9.17) is 4.74 Å². The minimum Gasteiger partial charge on any atom is -0.482 e. The van der Waals surface area contributed by atoms with Crippen molar-refractivity contribution in [3.8, 4) is 5.75 Å². The molecule has 9 nitrogen and oxygen atoms in total. The van der Waals surface area contributed by atoms with Gasteiger partial charge in [-0.3, -0.25) is 4.79 Å². The summed E-state index contributed by atoms with van der Waals surface area (Å²) in [5, 5.41) is 11.4. The number of hydrogen-bond acceptors (Lipinski definition) is 6. The maximum Gasteiger partial charge on any atom is 0.262 e. The van der Waals surface area contributed by atoms with Crippen molar-refractivity contribution in [2.45, 2.75) is 56.0 Å². The highest BCUT2D eigenvalue weighted by Gasteiger charge is 2.38.